The topological polar surface area (TPSA) is 117 Å². The third kappa shape index (κ3) is 9.28. The summed E-state index contributed by atoms with van der Waals surface area (Å²) in [5, 5.41) is 27.3. The number of carbonyl (C=O) groups is 2. The van der Waals surface area contributed by atoms with Gasteiger partial charge < -0.3 is 20.1 Å². The van der Waals surface area contributed by atoms with Gasteiger partial charge in [-0.2, -0.15) is 0 Å². The maximum atomic E-state index is 11.4. The minimum Gasteiger partial charge on any atom is -0.492 e. The molecular weight excluding hydrogens is 430 g/mol. The fourth-order valence-electron chi connectivity index (χ4n) is 3.25. The van der Waals surface area contributed by atoms with Crippen LogP contribution in [-0.4, -0.2) is 50.7 Å². The van der Waals surface area contributed by atoms with Crippen LogP contribution in [0.2, 0.25) is 0 Å². The summed E-state index contributed by atoms with van der Waals surface area (Å²) >= 11 is 1.05. The highest BCUT2D eigenvalue weighted by Gasteiger charge is 2.31. The molecule has 3 N–H and O–H groups in total. The number of hydrogen-bond acceptors (Lipinski definition) is 6. The molecular formula is C24H31NO6S. The molecule has 32 heavy (non-hydrogen) atoms. The number of pyridine rings is 1. The predicted molar refractivity (Wildman–Crippen MR) is 124 cm³/mol. The molecule has 2 aromatic rings. The third-order valence-corrected chi connectivity index (χ3v) is 6.21. The molecule has 0 fully saturated rings. The first kappa shape index (κ1) is 25.7. The Balaban J connectivity index is 1.80. The highest BCUT2D eigenvalue weighted by Crippen LogP contribution is 2.36. The molecule has 2 rings (SSSR count). The first-order chi connectivity index (χ1) is 15.5. The van der Waals surface area contributed by atoms with Crippen LogP contribution >= 0.6 is 11.8 Å². The van der Waals surface area contributed by atoms with Gasteiger partial charge in [0.1, 0.15) is 5.75 Å². The van der Waals surface area contributed by atoms with Crippen molar-refractivity contribution in [3.05, 3.63) is 59.9 Å². The van der Waals surface area contributed by atoms with Crippen molar-refractivity contribution in [2.45, 2.75) is 56.3 Å². The van der Waals surface area contributed by atoms with E-state index < -0.39 is 23.3 Å². The van der Waals surface area contributed by atoms with Gasteiger partial charge in [-0.15, -0.1) is 11.8 Å². The van der Waals surface area contributed by atoms with Crippen molar-refractivity contribution >= 4 is 23.7 Å². The molecule has 0 aliphatic carbocycles. The second-order valence-corrected chi connectivity index (χ2v) is 8.71. The number of nitrogens with zero attached hydrogens (tertiary/aromatic N) is 1. The van der Waals surface area contributed by atoms with Crippen LogP contribution < -0.4 is 4.74 Å². The van der Waals surface area contributed by atoms with Crippen molar-refractivity contribution in [2.24, 2.45) is 0 Å². The van der Waals surface area contributed by atoms with Crippen molar-refractivity contribution in [1.29, 1.82) is 0 Å². The Labute approximate surface area is 192 Å². The second kappa shape index (κ2) is 14.5. The molecule has 1 heterocycles. The molecule has 0 spiro atoms. The van der Waals surface area contributed by atoms with Gasteiger partial charge in [-0.05, 0) is 37.0 Å². The minimum atomic E-state index is -1.71. The molecule has 8 heteroatoms. The van der Waals surface area contributed by atoms with Gasteiger partial charge in [0.05, 0.1) is 24.0 Å². The van der Waals surface area contributed by atoms with E-state index in [9.17, 15) is 19.8 Å². The van der Waals surface area contributed by atoms with Gasteiger partial charge in [0, 0.05) is 11.9 Å². The molecule has 0 saturated heterocycles. The number of unbranched alkanes of at least 4 members (excludes halogenated alkanes) is 4. The lowest BCUT2D eigenvalue weighted by Crippen LogP contribution is -2.27. The van der Waals surface area contributed by atoms with E-state index in [1.54, 1.807) is 12.1 Å². The number of rotatable bonds is 16. The number of carboxylic acid groups (broad SMARTS) is 2. The van der Waals surface area contributed by atoms with Crippen molar-refractivity contribution in [1.82, 2.24) is 4.98 Å². The molecule has 2 atom stereocenters. The molecule has 2 unspecified atom stereocenters. The van der Waals surface area contributed by atoms with Crippen LogP contribution in [0, 0.1) is 0 Å². The molecule has 1 aromatic heterocycles. The highest BCUT2D eigenvalue weighted by atomic mass is 32.2. The van der Waals surface area contributed by atoms with E-state index in [0.717, 1.165) is 50.3 Å². The number of carboxylic acids is 2. The molecule has 0 saturated carbocycles. The van der Waals surface area contributed by atoms with E-state index in [4.69, 9.17) is 9.84 Å². The maximum Gasteiger partial charge on any atom is 0.334 e. The molecule has 0 amide bonds. The van der Waals surface area contributed by atoms with E-state index in [-0.39, 0.29) is 12.2 Å². The maximum absolute atomic E-state index is 11.4. The van der Waals surface area contributed by atoms with Crippen molar-refractivity contribution in [2.75, 3.05) is 12.4 Å². The normalized spacial score (nSPS) is 12.8. The Morgan fingerprint density at radius 1 is 0.969 bits per heavy atom. The molecule has 0 bridgehead atoms. The van der Waals surface area contributed by atoms with Gasteiger partial charge >= 0.3 is 11.9 Å². The number of ether oxygens (including phenoxy) is 1. The Kier molecular flexibility index (Phi) is 11.6. The van der Waals surface area contributed by atoms with Crippen LogP contribution in [0.3, 0.4) is 0 Å². The molecule has 0 radical (unpaired) electrons. The fourth-order valence-corrected chi connectivity index (χ4v) is 4.43. The number of benzene rings is 1. The monoisotopic (exact) mass is 461 g/mol. The lowest BCUT2D eigenvalue weighted by molar-refractivity contribution is -0.146. The molecule has 7 nitrogen and oxygen atoms in total. The second-order valence-electron chi connectivity index (χ2n) is 7.46. The van der Waals surface area contributed by atoms with Crippen LogP contribution in [0.5, 0.6) is 5.75 Å². The van der Waals surface area contributed by atoms with E-state index in [2.05, 4.69) is 29.2 Å². The zero-order chi connectivity index (χ0) is 23.2. The van der Waals surface area contributed by atoms with E-state index in [1.165, 1.54) is 11.8 Å². The van der Waals surface area contributed by atoms with Gasteiger partial charge in [0.25, 0.3) is 0 Å². The first-order valence-corrected chi connectivity index (χ1v) is 11.9. The van der Waals surface area contributed by atoms with Crippen LogP contribution in [0.25, 0.3) is 0 Å². The van der Waals surface area contributed by atoms with Crippen LogP contribution in [-0.2, 0) is 16.0 Å². The van der Waals surface area contributed by atoms with E-state index in [0.29, 0.717) is 18.1 Å². The first-order valence-electron chi connectivity index (χ1n) is 10.8. The Morgan fingerprint density at radius 3 is 2.41 bits per heavy atom. The number of aliphatic hydroxyl groups excluding tert-OH is 1. The number of aryl methyl sites for hydroxylation is 1. The number of thioether (sulfide) groups is 1. The average molecular weight is 462 g/mol. The fraction of sp³-hybridized carbons (Fsp3) is 0.458. The summed E-state index contributed by atoms with van der Waals surface area (Å²) in [6.07, 6.45) is 6.05. The van der Waals surface area contributed by atoms with Gasteiger partial charge in [-0.1, -0.05) is 49.6 Å². The molecule has 0 aliphatic rings. The minimum absolute atomic E-state index is 0.138. The number of aromatic nitrogens is 1. The smallest absolute Gasteiger partial charge is 0.334 e. The SMILES string of the molecule is O=C(O)CCSC(c1ncccc1OCCCCCCCc1ccccc1)C(O)C(=O)O. The van der Waals surface area contributed by atoms with Gasteiger partial charge in [0.15, 0.2) is 6.10 Å². The zero-order valence-electron chi connectivity index (χ0n) is 18.1. The Morgan fingerprint density at radius 2 is 1.69 bits per heavy atom. The van der Waals surface area contributed by atoms with Crippen molar-refractivity contribution in [3.63, 3.8) is 0 Å². The van der Waals surface area contributed by atoms with Gasteiger partial charge in [-0.25, -0.2) is 4.79 Å². The summed E-state index contributed by atoms with van der Waals surface area (Å²) in [5.74, 6) is -1.79. The van der Waals surface area contributed by atoms with Crippen molar-refractivity contribution in [3.8, 4) is 5.75 Å². The van der Waals surface area contributed by atoms with Crippen molar-refractivity contribution < 1.29 is 29.6 Å². The van der Waals surface area contributed by atoms with Crippen LogP contribution in [0.4, 0.5) is 0 Å². The summed E-state index contributed by atoms with van der Waals surface area (Å²) in [6, 6.07) is 13.8. The van der Waals surface area contributed by atoms with Crippen LogP contribution in [0.1, 0.15) is 55.0 Å². The summed E-state index contributed by atoms with van der Waals surface area (Å²) in [4.78, 5) is 26.4. The highest BCUT2D eigenvalue weighted by molar-refractivity contribution is 7.99. The lowest BCUT2D eigenvalue weighted by atomic mass is 10.1. The molecule has 174 valence electrons. The van der Waals surface area contributed by atoms with Crippen LogP contribution in [0.15, 0.2) is 48.7 Å². The summed E-state index contributed by atoms with van der Waals surface area (Å²) in [7, 11) is 0. The largest absolute Gasteiger partial charge is 0.492 e. The number of hydrogen-bond donors (Lipinski definition) is 3. The molecule has 0 aliphatic heterocycles. The molecule has 1 aromatic carbocycles. The number of aliphatic carboxylic acids is 2. The zero-order valence-corrected chi connectivity index (χ0v) is 18.9. The summed E-state index contributed by atoms with van der Waals surface area (Å²) in [5.41, 5.74) is 1.68. The average Bonchev–Trinajstić information content (AvgIpc) is 2.79. The lowest BCUT2D eigenvalue weighted by Gasteiger charge is -2.21. The van der Waals surface area contributed by atoms with E-state index >= 15 is 0 Å². The van der Waals surface area contributed by atoms with E-state index in [1.807, 2.05) is 6.07 Å². The predicted octanol–water partition coefficient (Wildman–Crippen LogP) is 4.35. The summed E-state index contributed by atoms with van der Waals surface area (Å²) in [6.45, 7) is 0.465. The third-order valence-electron chi connectivity index (χ3n) is 4.93. The van der Waals surface area contributed by atoms with Gasteiger partial charge in [0.2, 0.25) is 0 Å². The quantitative estimate of drug-likeness (QED) is 0.316. The Bertz CT molecular complexity index is 832. The summed E-state index contributed by atoms with van der Waals surface area (Å²) < 4.78 is 5.86. The Hall–Kier alpha value is -2.58. The number of aliphatic hydroxyl groups is 1. The van der Waals surface area contributed by atoms with Gasteiger partial charge in [-0.3, -0.25) is 9.78 Å². The standard InChI is InChI=1S/C24H31NO6S/c26-20(27)14-17-32-23(22(28)24(29)30)21-19(13-9-15-25-21)31-16-8-3-1-2-5-10-18-11-6-4-7-12-18/h4,6-7,9,11-13,15,22-23,28H,1-3,5,8,10,14,16-17H2,(H,26,27)(H,29,30).